The fourth-order valence-corrected chi connectivity index (χ4v) is 5.71. The smallest absolute Gasteiger partial charge is 0.241 e. The van der Waals surface area contributed by atoms with E-state index in [1.54, 1.807) is 11.8 Å². The highest BCUT2D eigenvalue weighted by molar-refractivity contribution is 7.98. The first-order valence-electron chi connectivity index (χ1n) is 12.2. The molecule has 0 aliphatic carbocycles. The van der Waals surface area contributed by atoms with E-state index in [1.165, 1.54) is 11.1 Å². The van der Waals surface area contributed by atoms with Gasteiger partial charge in [0.05, 0.1) is 11.7 Å². The molecular formula is C27H36N4OS2. The Bertz CT molecular complexity index is 972. The molecule has 7 heteroatoms. The van der Waals surface area contributed by atoms with Gasteiger partial charge in [-0.05, 0) is 59.8 Å². The van der Waals surface area contributed by atoms with Gasteiger partial charge in [0.25, 0.3) is 0 Å². The normalized spacial score (nSPS) is 19.8. The summed E-state index contributed by atoms with van der Waals surface area (Å²) >= 11 is 7.55. The lowest BCUT2D eigenvalue weighted by Crippen LogP contribution is -2.59. The number of piperidine rings is 1. The van der Waals surface area contributed by atoms with Gasteiger partial charge in [-0.25, -0.2) is 0 Å². The number of thiocarbonyl (C=S) groups is 1. The van der Waals surface area contributed by atoms with Gasteiger partial charge in [0, 0.05) is 38.2 Å². The van der Waals surface area contributed by atoms with Gasteiger partial charge in [0.2, 0.25) is 5.91 Å². The minimum Gasteiger partial charge on any atom is -0.349 e. The largest absolute Gasteiger partial charge is 0.349 e. The van der Waals surface area contributed by atoms with Gasteiger partial charge in [-0.2, -0.15) is 11.8 Å². The molecule has 1 amide bonds. The highest BCUT2D eigenvalue weighted by Crippen LogP contribution is 2.35. The van der Waals surface area contributed by atoms with E-state index in [9.17, 15) is 4.79 Å². The molecule has 0 saturated carbocycles. The van der Waals surface area contributed by atoms with Crippen LogP contribution in [0.3, 0.4) is 0 Å². The lowest BCUT2D eigenvalue weighted by atomic mass is 9.95. The first kappa shape index (κ1) is 25.0. The molecule has 1 unspecified atom stereocenters. The lowest BCUT2D eigenvalue weighted by Gasteiger charge is -2.45. The molecule has 2 aromatic carbocycles. The molecule has 2 saturated heterocycles. The van der Waals surface area contributed by atoms with Gasteiger partial charge in [-0.3, -0.25) is 10.1 Å². The Hall–Kier alpha value is -2.09. The zero-order valence-corrected chi connectivity index (χ0v) is 22.1. The molecule has 2 heterocycles. The molecule has 5 nitrogen and oxygen atoms in total. The third kappa shape index (κ3) is 5.58. The van der Waals surface area contributed by atoms with Gasteiger partial charge in [0.15, 0.2) is 5.11 Å². The van der Waals surface area contributed by atoms with Gasteiger partial charge < -0.3 is 15.1 Å². The van der Waals surface area contributed by atoms with E-state index in [0.717, 1.165) is 48.9 Å². The van der Waals surface area contributed by atoms with Crippen molar-refractivity contribution in [2.75, 3.05) is 30.4 Å². The van der Waals surface area contributed by atoms with Crippen molar-refractivity contribution in [2.45, 2.75) is 57.3 Å². The number of carbonyl (C=O) groups excluding carboxylic acids is 1. The van der Waals surface area contributed by atoms with Crippen LogP contribution in [-0.2, 0) is 11.3 Å². The van der Waals surface area contributed by atoms with Crippen molar-refractivity contribution in [2.24, 2.45) is 0 Å². The highest BCUT2D eigenvalue weighted by Gasteiger charge is 2.51. The summed E-state index contributed by atoms with van der Waals surface area (Å²) < 4.78 is 0. The molecule has 2 aliphatic heterocycles. The van der Waals surface area contributed by atoms with Crippen molar-refractivity contribution < 1.29 is 4.79 Å². The van der Waals surface area contributed by atoms with E-state index in [2.05, 4.69) is 76.9 Å². The number of carbonyl (C=O) groups is 1. The Labute approximate surface area is 213 Å². The zero-order chi connectivity index (χ0) is 24.1. The summed E-state index contributed by atoms with van der Waals surface area (Å²) in [6, 6.07) is 18.7. The van der Waals surface area contributed by atoms with E-state index in [-0.39, 0.29) is 17.6 Å². The second kappa shape index (κ2) is 11.1. The van der Waals surface area contributed by atoms with Crippen molar-refractivity contribution in [3.63, 3.8) is 0 Å². The molecule has 0 aromatic heterocycles. The summed E-state index contributed by atoms with van der Waals surface area (Å²) in [5.41, 5.74) is 3.21. The minimum atomic E-state index is -0.305. The first-order valence-corrected chi connectivity index (χ1v) is 14.0. The van der Waals surface area contributed by atoms with Crippen molar-refractivity contribution in [3.05, 3.63) is 65.7 Å². The summed E-state index contributed by atoms with van der Waals surface area (Å²) in [5.74, 6) is 1.73. The third-order valence-electron chi connectivity index (χ3n) is 7.02. The maximum absolute atomic E-state index is 13.4. The number of nitrogens with one attached hydrogen (secondary N) is 2. The zero-order valence-electron chi connectivity index (χ0n) is 20.4. The van der Waals surface area contributed by atoms with E-state index in [4.69, 9.17) is 12.2 Å². The second-order valence-corrected chi connectivity index (χ2v) is 11.0. The average molecular weight is 497 g/mol. The standard InChI is InChI=1S/C27H36N4OS2/c1-20(2)22-9-11-23(12-10-22)28-26(33)30-16-14-27(15-17-30)29-24(13-18-34-3)25(32)31(27)19-21-7-5-4-6-8-21/h4-12,20,24,29H,13-19H2,1-3H3,(H,28,33). The topological polar surface area (TPSA) is 47.6 Å². The first-order chi connectivity index (χ1) is 16.4. The number of likely N-dealkylation sites (tertiary alicyclic amines) is 1. The molecule has 2 N–H and O–H groups in total. The van der Waals surface area contributed by atoms with Gasteiger partial charge in [-0.15, -0.1) is 0 Å². The van der Waals surface area contributed by atoms with Gasteiger partial charge >= 0.3 is 0 Å². The fourth-order valence-electron chi connectivity index (χ4n) is 4.94. The number of hydrogen-bond acceptors (Lipinski definition) is 4. The Morgan fingerprint density at radius 3 is 2.44 bits per heavy atom. The summed E-state index contributed by atoms with van der Waals surface area (Å²) in [6.45, 7) is 6.68. The predicted octanol–water partition coefficient (Wildman–Crippen LogP) is 5.05. The number of hydrogen-bond donors (Lipinski definition) is 2. The van der Waals surface area contributed by atoms with E-state index >= 15 is 0 Å². The Balaban J connectivity index is 1.42. The highest BCUT2D eigenvalue weighted by atomic mass is 32.2. The van der Waals surface area contributed by atoms with Crippen LogP contribution >= 0.6 is 24.0 Å². The van der Waals surface area contributed by atoms with E-state index in [1.807, 2.05) is 18.2 Å². The second-order valence-electron chi connectivity index (χ2n) is 9.61. The van der Waals surface area contributed by atoms with Crippen molar-refractivity contribution in [1.82, 2.24) is 15.1 Å². The summed E-state index contributed by atoms with van der Waals surface area (Å²) in [4.78, 5) is 17.8. The minimum absolute atomic E-state index is 0.104. The maximum atomic E-state index is 13.4. The number of thioether (sulfide) groups is 1. The van der Waals surface area contributed by atoms with Crippen LogP contribution in [0.25, 0.3) is 0 Å². The molecule has 182 valence electrons. The van der Waals surface area contributed by atoms with Crippen LogP contribution in [-0.4, -0.2) is 57.6 Å². The number of nitrogens with zero attached hydrogens (tertiary/aromatic N) is 2. The lowest BCUT2D eigenvalue weighted by molar-refractivity contribution is -0.134. The van der Waals surface area contributed by atoms with Crippen molar-refractivity contribution in [3.8, 4) is 0 Å². The molecule has 34 heavy (non-hydrogen) atoms. The Morgan fingerprint density at radius 2 is 1.82 bits per heavy atom. The van der Waals surface area contributed by atoms with Crippen LogP contribution in [0.2, 0.25) is 0 Å². The number of anilines is 1. The summed E-state index contributed by atoms with van der Waals surface area (Å²) in [5, 5.41) is 7.92. The molecular weight excluding hydrogens is 460 g/mol. The van der Waals surface area contributed by atoms with Crippen LogP contribution in [0.4, 0.5) is 5.69 Å². The van der Waals surface area contributed by atoms with Gasteiger partial charge in [0.1, 0.15) is 0 Å². The third-order valence-corrected chi connectivity index (χ3v) is 8.03. The van der Waals surface area contributed by atoms with Crippen LogP contribution in [0.15, 0.2) is 54.6 Å². The maximum Gasteiger partial charge on any atom is 0.241 e. The molecule has 0 radical (unpaired) electrons. The average Bonchev–Trinajstić information content (AvgIpc) is 3.09. The van der Waals surface area contributed by atoms with E-state index < -0.39 is 0 Å². The van der Waals surface area contributed by atoms with Crippen LogP contribution in [0, 0.1) is 0 Å². The number of rotatable bonds is 7. The molecule has 1 atom stereocenters. The monoisotopic (exact) mass is 496 g/mol. The quantitative estimate of drug-likeness (QED) is 0.523. The Kier molecular flexibility index (Phi) is 8.17. The molecule has 2 aromatic rings. The SMILES string of the molecule is CSCCC1NC2(CCN(C(=S)Nc3ccc(C(C)C)cc3)CC2)N(Cc2ccccc2)C1=O. The molecule has 4 rings (SSSR count). The summed E-state index contributed by atoms with van der Waals surface area (Å²) in [7, 11) is 0. The summed E-state index contributed by atoms with van der Waals surface area (Å²) in [6.07, 6.45) is 4.67. The molecule has 2 fully saturated rings. The Morgan fingerprint density at radius 1 is 1.15 bits per heavy atom. The van der Waals surface area contributed by atoms with Crippen molar-refractivity contribution in [1.29, 1.82) is 0 Å². The molecule has 2 aliphatic rings. The number of amides is 1. The van der Waals surface area contributed by atoms with E-state index in [0.29, 0.717) is 12.5 Å². The fraction of sp³-hybridized carbons (Fsp3) is 0.481. The predicted molar refractivity (Wildman–Crippen MR) is 147 cm³/mol. The van der Waals surface area contributed by atoms with Crippen LogP contribution in [0.1, 0.15) is 50.2 Å². The molecule has 1 spiro atoms. The van der Waals surface area contributed by atoms with Crippen molar-refractivity contribution >= 4 is 40.7 Å². The molecule has 0 bridgehead atoms. The number of benzene rings is 2. The van der Waals surface area contributed by atoms with Gasteiger partial charge in [-0.1, -0.05) is 56.3 Å². The van der Waals surface area contributed by atoms with Crippen LogP contribution < -0.4 is 10.6 Å². The van der Waals surface area contributed by atoms with Crippen LogP contribution in [0.5, 0.6) is 0 Å².